The summed E-state index contributed by atoms with van der Waals surface area (Å²) < 4.78 is 6.05. The van der Waals surface area contributed by atoms with Gasteiger partial charge in [0.05, 0.1) is 5.69 Å². The van der Waals surface area contributed by atoms with Gasteiger partial charge >= 0.3 is 0 Å². The molecule has 0 radical (unpaired) electrons. The van der Waals surface area contributed by atoms with Gasteiger partial charge in [0.2, 0.25) is 8.32 Å². The molecule has 0 atom stereocenters. The first-order chi connectivity index (χ1) is 8.49. The van der Waals surface area contributed by atoms with E-state index in [0.29, 0.717) is 5.01 Å². The molecule has 0 aliphatic rings. The maximum atomic E-state index is 10.7. The molecule has 0 amide bonds. The Hall–Kier alpha value is -1.46. The number of nitrogens with zero attached hydrogens (tertiary/aromatic N) is 1. The Morgan fingerprint density at radius 2 is 2.00 bits per heavy atom. The second-order valence-corrected chi connectivity index (χ2v) is 10.2. The Morgan fingerprint density at radius 3 is 2.61 bits per heavy atom. The number of carbonyl (C=O) groups is 1. The smallest absolute Gasteiger partial charge is 0.242 e. The average molecular weight is 277 g/mol. The molecular formula is C13H15NO2SSi. The largest absolute Gasteiger partial charge is 0.544 e. The van der Waals surface area contributed by atoms with Crippen LogP contribution in [0.25, 0.3) is 11.3 Å². The van der Waals surface area contributed by atoms with Gasteiger partial charge < -0.3 is 4.43 Å². The molecule has 2 aromatic rings. The van der Waals surface area contributed by atoms with Crippen LogP contribution in [0.5, 0.6) is 5.75 Å². The van der Waals surface area contributed by atoms with Crippen LogP contribution in [0, 0.1) is 0 Å². The van der Waals surface area contributed by atoms with Crippen molar-refractivity contribution in [3.05, 3.63) is 34.7 Å². The summed E-state index contributed by atoms with van der Waals surface area (Å²) in [6.45, 7) is 6.42. The SMILES string of the molecule is C[Si](C)(C)Oc1ccccc1-c1csc(C=O)n1. The predicted molar refractivity (Wildman–Crippen MR) is 76.9 cm³/mol. The maximum absolute atomic E-state index is 10.7. The van der Waals surface area contributed by atoms with E-state index in [2.05, 4.69) is 24.6 Å². The molecule has 0 saturated heterocycles. The lowest BCUT2D eigenvalue weighted by Crippen LogP contribution is -2.29. The molecule has 1 heterocycles. The molecule has 0 aliphatic heterocycles. The number of rotatable bonds is 4. The molecule has 0 unspecified atom stereocenters. The lowest BCUT2D eigenvalue weighted by atomic mass is 10.1. The van der Waals surface area contributed by atoms with Gasteiger partial charge in [-0.15, -0.1) is 11.3 Å². The highest BCUT2D eigenvalue weighted by molar-refractivity contribution is 7.11. The highest BCUT2D eigenvalue weighted by Crippen LogP contribution is 2.31. The van der Waals surface area contributed by atoms with Crippen LogP contribution in [0.4, 0.5) is 0 Å². The molecule has 0 spiro atoms. The van der Waals surface area contributed by atoms with Crippen molar-refractivity contribution in [1.82, 2.24) is 4.98 Å². The fourth-order valence-corrected chi connectivity index (χ4v) is 3.02. The monoisotopic (exact) mass is 277 g/mol. The summed E-state index contributed by atoms with van der Waals surface area (Å²) in [5.41, 5.74) is 1.75. The standard InChI is InChI=1S/C13H15NO2SSi/c1-18(2,3)16-12-7-5-4-6-10(12)11-9-17-13(8-15)14-11/h4-9H,1-3H3. The molecule has 0 aliphatic carbocycles. The zero-order valence-corrected chi connectivity index (χ0v) is 12.5. The number of aromatic nitrogens is 1. The minimum absolute atomic E-state index is 0.493. The van der Waals surface area contributed by atoms with Crippen molar-refractivity contribution in [2.24, 2.45) is 0 Å². The molecule has 0 N–H and O–H groups in total. The van der Waals surface area contributed by atoms with Crippen LogP contribution in [-0.4, -0.2) is 19.6 Å². The molecule has 0 fully saturated rings. The van der Waals surface area contributed by atoms with E-state index in [-0.39, 0.29) is 0 Å². The first-order valence-corrected chi connectivity index (χ1v) is 9.97. The van der Waals surface area contributed by atoms with Crippen LogP contribution < -0.4 is 4.43 Å². The Labute approximate surface area is 112 Å². The fraction of sp³-hybridized carbons (Fsp3) is 0.231. The fourth-order valence-electron chi connectivity index (χ4n) is 1.56. The average Bonchev–Trinajstić information content (AvgIpc) is 2.76. The van der Waals surface area contributed by atoms with Crippen LogP contribution >= 0.6 is 11.3 Å². The third-order valence-electron chi connectivity index (χ3n) is 2.20. The van der Waals surface area contributed by atoms with Gasteiger partial charge in [-0.2, -0.15) is 0 Å². The summed E-state index contributed by atoms with van der Waals surface area (Å²) in [6, 6.07) is 7.82. The number of thiazole rings is 1. The summed E-state index contributed by atoms with van der Waals surface area (Å²) in [7, 11) is -1.66. The van der Waals surface area contributed by atoms with E-state index < -0.39 is 8.32 Å². The highest BCUT2D eigenvalue weighted by Gasteiger charge is 2.19. The molecule has 1 aromatic heterocycles. The van der Waals surface area contributed by atoms with Gasteiger partial charge in [-0.1, -0.05) is 12.1 Å². The van der Waals surface area contributed by atoms with Crippen molar-refractivity contribution in [1.29, 1.82) is 0 Å². The zero-order chi connectivity index (χ0) is 13.2. The second kappa shape index (κ2) is 5.03. The van der Waals surface area contributed by atoms with Gasteiger partial charge in [0.1, 0.15) is 5.75 Å². The number of para-hydroxylation sites is 1. The van der Waals surface area contributed by atoms with E-state index in [1.165, 1.54) is 11.3 Å². The van der Waals surface area contributed by atoms with E-state index in [1.807, 2.05) is 29.6 Å². The predicted octanol–water partition coefficient (Wildman–Crippen LogP) is 3.84. The van der Waals surface area contributed by atoms with E-state index in [9.17, 15) is 4.79 Å². The van der Waals surface area contributed by atoms with Gasteiger partial charge in [-0.3, -0.25) is 4.79 Å². The Balaban J connectivity index is 2.41. The number of aldehydes is 1. The van der Waals surface area contributed by atoms with E-state index in [1.54, 1.807) is 0 Å². The van der Waals surface area contributed by atoms with Gasteiger partial charge in [0.15, 0.2) is 11.3 Å². The lowest BCUT2D eigenvalue weighted by Gasteiger charge is -2.21. The maximum Gasteiger partial charge on any atom is 0.242 e. The van der Waals surface area contributed by atoms with Gasteiger partial charge in [0, 0.05) is 10.9 Å². The minimum Gasteiger partial charge on any atom is -0.544 e. The van der Waals surface area contributed by atoms with Crippen LogP contribution in [-0.2, 0) is 0 Å². The minimum atomic E-state index is -1.66. The molecule has 0 saturated carbocycles. The van der Waals surface area contributed by atoms with Crippen LogP contribution in [0.2, 0.25) is 19.6 Å². The second-order valence-electron chi connectivity index (χ2n) is 4.90. The summed E-state index contributed by atoms with van der Waals surface area (Å²) in [5.74, 6) is 0.847. The van der Waals surface area contributed by atoms with Crippen LogP contribution in [0.3, 0.4) is 0 Å². The van der Waals surface area contributed by atoms with E-state index in [0.717, 1.165) is 23.3 Å². The Morgan fingerprint density at radius 1 is 1.28 bits per heavy atom. The Kier molecular flexibility index (Phi) is 3.63. The van der Waals surface area contributed by atoms with Gasteiger partial charge in [0.25, 0.3) is 0 Å². The van der Waals surface area contributed by atoms with Gasteiger partial charge in [-0.05, 0) is 31.8 Å². The molecule has 5 heteroatoms. The van der Waals surface area contributed by atoms with Crippen molar-refractivity contribution in [3.63, 3.8) is 0 Å². The molecule has 3 nitrogen and oxygen atoms in total. The van der Waals surface area contributed by atoms with E-state index >= 15 is 0 Å². The van der Waals surface area contributed by atoms with Crippen LogP contribution in [0.1, 0.15) is 9.80 Å². The normalized spacial score (nSPS) is 11.3. The quantitative estimate of drug-likeness (QED) is 0.629. The summed E-state index contributed by atoms with van der Waals surface area (Å²) in [5, 5.41) is 2.38. The lowest BCUT2D eigenvalue weighted by molar-refractivity contribution is 0.112. The number of benzene rings is 1. The van der Waals surface area contributed by atoms with Crippen molar-refractivity contribution >= 4 is 25.9 Å². The van der Waals surface area contributed by atoms with Crippen molar-refractivity contribution in [3.8, 4) is 17.0 Å². The number of carbonyl (C=O) groups excluding carboxylic acids is 1. The van der Waals surface area contributed by atoms with Gasteiger partial charge in [-0.25, -0.2) is 4.98 Å². The summed E-state index contributed by atoms with van der Waals surface area (Å²) in [6.07, 6.45) is 0.774. The Bertz CT molecular complexity index is 560. The van der Waals surface area contributed by atoms with E-state index in [4.69, 9.17) is 4.43 Å². The molecule has 2 rings (SSSR count). The first kappa shape index (κ1) is 13.0. The molecular weight excluding hydrogens is 262 g/mol. The third kappa shape index (κ3) is 3.05. The summed E-state index contributed by atoms with van der Waals surface area (Å²) in [4.78, 5) is 15.0. The molecule has 18 heavy (non-hydrogen) atoms. The molecule has 1 aromatic carbocycles. The van der Waals surface area contributed by atoms with Crippen molar-refractivity contribution < 1.29 is 9.22 Å². The molecule has 0 bridgehead atoms. The van der Waals surface area contributed by atoms with Crippen molar-refractivity contribution in [2.75, 3.05) is 0 Å². The number of hydrogen-bond acceptors (Lipinski definition) is 4. The number of hydrogen-bond donors (Lipinski definition) is 0. The van der Waals surface area contributed by atoms with Crippen LogP contribution in [0.15, 0.2) is 29.6 Å². The zero-order valence-electron chi connectivity index (χ0n) is 10.6. The topological polar surface area (TPSA) is 39.2 Å². The third-order valence-corrected chi connectivity index (χ3v) is 3.80. The summed E-state index contributed by atoms with van der Waals surface area (Å²) >= 11 is 1.35. The first-order valence-electron chi connectivity index (χ1n) is 5.69. The highest BCUT2D eigenvalue weighted by atomic mass is 32.1. The van der Waals surface area contributed by atoms with Crippen molar-refractivity contribution in [2.45, 2.75) is 19.6 Å². The molecule has 94 valence electrons.